The lowest BCUT2D eigenvalue weighted by molar-refractivity contribution is 0.0940. The van der Waals surface area contributed by atoms with Crippen LogP contribution >= 0.6 is 15.9 Å². The average molecular weight is 388 g/mol. The van der Waals surface area contributed by atoms with E-state index in [1.165, 1.54) is 6.07 Å². The number of nitrogens with one attached hydrogen (secondary N) is 1. The van der Waals surface area contributed by atoms with Crippen molar-refractivity contribution in [2.45, 2.75) is 6.04 Å². The smallest absolute Gasteiger partial charge is 0.253 e. The molecule has 1 amide bonds. The van der Waals surface area contributed by atoms with Crippen molar-refractivity contribution in [1.29, 1.82) is 0 Å². The van der Waals surface area contributed by atoms with Crippen LogP contribution in [0.4, 0.5) is 4.39 Å². The van der Waals surface area contributed by atoms with E-state index in [9.17, 15) is 9.18 Å². The predicted octanol–water partition coefficient (Wildman–Crippen LogP) is 3.84. The van der Waals surface area contributed by atoms with E-state index < -0.39 is 11.9 Å². The van der Waals surface area contributed by atoms with Crippen molar-refractivity contribution in [3.8, 4) is 0 Å². The Labute approximate surface area is 147 Å². The molecule has 3 rings (SSSR count). The van der Waals surface area contributed by atoms with E-state index in [0.29, 0.717) is 21.4 Å². The zero-order valence-corrected chi connectivity index (χ0v) is 14.5. The summed E-state index contributed by atoms with van der Waals surface area (Å²) in [6.07, 6.45) is 3.38. The number of rotatable bonds is 4. The molecule has 0 fully saturated rings. The molecule has 1 unspecified atom stereocenters. The van der Waals surface area contributed by atoms with Gasteiger partial charge in [-0.1, -0.05) is 30.3 Å². The molecule has 0 saturated heterocycles. The molecule has 1 aromatic heterocycles. The van der Waals surface area contributed by atoms with Gasteiger partial charge in [-0.3, -0.25) is 4.79 Å². The van der Waals surface area contributed by atoms with Gasteiger partial charge < -0.3 is 9.88 Å². The maximum atomic E-state index is 14.3. The van der Waals surface area contributed by atoms with Gasteiger partial charge in [0.25, 0.3) is 5.91 Å². The van der Waals surface area contributed by atoms with E-state index >= 15 is 0 Å². The number of aryl methyl sites for hydroxylation is 1. The molecular formula is C18H15BrFN3O. The molecule has 3 aromatic rings. The molecular weight excluding hydrogens is 373 g/mol. The fraction of sp³-hybridized carbons (Fsp3) is 0.111. The molecule has 0 aliphatic rings. The van der Waals surface area contributed by atoms with Crippen molar-refractivity contribution in [3.63, 3.8) is 0 Å². The first-order chi connectivity index (χ1) is 11.6. The number of benzene rings is 2. The van der Waals surface area contributed by atoms with E-state index in [2.05, 4.69) is 26.2 Å². The average Bonchev–Trinajstić information content (AvgIpc) is 2.99. The third kappa shape index (κ3) is 3.23. The highest BCUT2D eigenvalue weighted by Gasteiger charge is 2.24. The highest BCUT2D eigenvalue weighted by Crippen LogP contribution is 2.24. The van der Waals surface area contributed by atoms with E-state index in [4.69, 9.17) is 0 Å². The predicted molar refractivity (Wildman–Crippen MR) is 93.1 cm³/mol. The van der Waals surface area contributed by atoms with Gasteiger partial charge >= 0.3 is 0 Å². The zero-order chi connectivity index (χ0) is 17.1. The van der Waals surface area contributed by atoms with Crippen molar-refractivity contribution in [1.82, 2.24) is 14.9 Å². The van der Waals surface area contributed by atoms with Crippen LogP contribution in [0, 0.1) is 5.82 Å². The highest BCUT2D eigenvalue weighted by atomic mass is 79.9. The lowest BCUT2D eigenvalue weighted by Crippen LogP contribution is -2.31. The molecule has 2 aromatic carbocycles. The van der Waals surface area contributed by atoms with E-state index in [1.807, 2.05) is 6.07 Å². The molecule has 0 radical (unpaired) electrons. The topological polar surface area (TPSA) is 46.9 Å². The van der Waals surface area contributed by atoms with Crippen molar-refractivity contribution >= 4 is 21.8 Å². The Morgan fingerprint density at radius 2 is 1.92 bits per heavy atom. The summed E-state index contributed by atoms with van der Waals surface area (Å²) in [7, 11) is 1.81. The van der Waals surface area contributed by atoms with Crippen LogP contribution in [0.3, 0.4) is 0 Å². The van der Waals surface area contributed by atoms with Crippen LogP contribution in [-0.2, 0) is 7.05 Å². The molecule has 1 atom stereocenters. The minimum atomic E-state index is -0.689. The summed E-state index contributed by atoms with van der Waals surface area (Å²) in [5.74, 6) is -0.142. The molecule has 1 heterocycles. The fourth-order valence-electron chi connectivity index (χ4n) is 2.50. The number of nitrogens with zero attached hydrogens (tertiary/aromatic N) is 2. The summed E-state index contributed by atoms with van der Waals surface area (Å²) in [4.78, 5) is 16.9. The van der Waals surface area contributed by atoms with E-state index in [0.717, 1.165) is 0 Å². The number of carbonyl (C=O) groups is 1. The molecule has 0 saturated carbocycles. The van der Waals surface area contributed by atoms with Crippen LogP contribution in [0.2, 0.25) is 0 Å². The maximum absolute atomic E-state index is 14.3. The number of aromatic nitrogens is 2. The third-order valence-corrected chi connectivity index (χ3v) is 4.42. The van der Waals surface area contributed by atoms with Gasteiger partial charge in [-0.25, -0.2) is 9.37 Å². The first-order valence-corrected chi connectivity index (χ1v) is 8.14. The SMILES string of the molecule is Cn1ccnc1C(NC(=O)c1ccccc1Br)c1ccccc1F. The van der Waals surface area contributed by atoms with Gasteiger partial charge in [-0.2, -0.15) is 0 Å². The number of halogens is 2. The van der Waals surface area contributed by atoms with Crippen LogP contribution in [-0.4, -0.2) is 15.5 Å². The fourth-order valence-corrected chi connectivity index (χ4v) is 2.96. The summed E-state index contributed by atoms with van der Waals surface area (Å²) in [6, 6.07) is 12.8. The van der Waals surface area contributed by atoms with Crippen LogP contribution in [0.15, 0.2) is 65.4 Å². The van der Waals surface area contributed by atoms with Crippen molar-refractivity contribution < 1.29 is 9.18 Å². The summed E-state index contributed by atoms with van der Waals surface area (Å²) in [6.45, 7) is 0. The number of imidazole rings is 1. The Balaban J connectivity index is 2.00. The molecule has 0 spiro atoms. The highest BCUT2D eigenvalue weighted by molar-refractivity contribution is 9.10. The molecule has 24 heavy (non-hydrogen) atoms. The van der Waals surface area contributed by atoms with Crippen molar-refractivity contribution in [2.24, 2.45) is 7.05 Å². The minimum Gasteiger partial charge on any atom is -0.338 e. The van der Waals surface area contributed by atoms with Crippen LogP contribution < -0.4 is 5.32 Å². The van der Waals surface area contributed by atoms with Gasteiger partial charge in [0.15, 0.2) is 0 Å². The van der Waals surface area contributed by atoms with Crippen molar-refractivity contribution in [2.75, 3.05) is 0 Å². The normalized spacial score (nSPS) is 12.0. The second-order valence-electron chi connectivity index (χ2n) is 5.30. The van der Waals surface area contributed by atoms with E-state index in [1.54, 1.807) is 60.4 Å². The van der Waals surface area contributed by atoms with Gasteiger partial charge in [0.05, 0.1) is 5.56 Å². The largest absolute Gasteiger partial charge is 0.338 e. The van der Waals surface area contributed by atoms with Crippen LogP contribution in [0.1, 0.15) is 27.8 Å². The standard InChI is InChI=1S/C18H15BrFN3O/c1-23-11-10-21-17(23)16(13-7-3-5-9-15(13)20)22-18(24)12-6-2-4-8-14(12)19/h2-11,16H,1H3,(H,22,24). The Kier molecular flexibility index (Phi) is 4.76. The third-order valence-electron chi connectivity index (χ3n) is 3.73. The first kappa shape index (κ1) is 16.4. The second-order valence-corrected chi connectivity index (χ2v) is 6.16. The van der Waals surface area contributed by atoms with Gasteiger partial charge in [-0.15, -0.1) is 0 Å². The molecule has 1 N–H and O–H groups in total. The molecule has 122 valence electrons. The van der Waals surface area contributed by atoms with Gasteiger partial charge in [0, 0.05) is 29.5 Å². The van der Waals surface area contributed by atoms with Gasteiger partial charge in [0.1, 0.15) is 17.7 Å². The molecule has 0 aliphatic carbocycles. The Morgan fingerprint density at radius 1 is 1.21 bits per heavy atom. The van der Waals surface area contributed by atoms with Crippen molar-refractivity contribution in [3.05, 3.63) is 88.2 Å². The number of hydrogen-bond acceptors (Lipinski definition) is 2. The number of hydrogen-bond donors (Lipinski definition) is 1. The van der Waals surface area contributed by atoms with Gasteiger partial charge in [-0.05, 0) is 34.1 Å². The lowest BCUT2D eigenvalue weighted by atomic mass is 10.0. The van der Waals surface area contributed by atoms with Gasteiger partial charge in [0.2, 0.25) is 0 Å². The Morgan fingerprint density at radius 3 is 2.58 bits per heavy atom. The molecule has 0 aliphatic heterocycles. The lowest BCUT2D eigenvalue weighted by Gasteiger charge is -2.20. The number of carbonyl (C=O) groups excluding carboxylic acids is 1. The summed E-state index contributed by atoms with van der Waals surface area (Å²) in [5.41, 5.74) is 0.847. The monoisotopic (exact) mass is 387 g/mol. The van der Waals surface area contributed by atoms with Crippen LogP contribution in [0.25, 0.3) is 0 Å². The minimum absolute atomic E-state index is 0.307. The zero-order valence-electron chi connectivity index (χ0n) is 12.9. The summed E-state index contributed by atoms with van der Waals surface area (Å²) in [5, 5.41) is 2.88. The Hall–Kier alpha value is -2.47. The molecule has 0 bridgehead atoms. The molecule has 6 heteroatoms. The quantitative estimate of drug-likeness (QED) is 0.738. The maximum Gasteiger partial charge on any atom is 0.253 e. The number of amides is 1. The van der Waals surface area contributed by atoms with E-state index in [-0.39, 0.29) is 5.91 Å². The van der Waals surface area contributed by atoms with Crippen LogP contribution in [0.5, 0.6) is 0 Å². The first-order valence-electron chi connectivity index (χ1n) is 7.35. The summed E-state index contributed by atoms with van der Waals surface area (Å²) >= 11 is 3.37. The second kappa shape index (κ2) is 6.97. The Bertz CT molecular complexity index is 878. The summed E-state index contributed by atoms with van der Waals surface area (Å²) < 4.78 is 16.7. The molecule has 4 nitrogen and oxygen atoms in total.